The first-order valence-corrected chi connectivity index (χ1v) is 5.14. The number of benzene rings is 2. The fraction of sp³-hybridized carbons (Fsp3) is 0. The Morgan fingerprint density at radius 3 is 1.37 bits per heavy atom. The number of esters is 2. The first-order chi connectivity index (χ1) is 8.27. The molecule has 19 heavy (non-hydrogen) atoms. The Bertz CT molecular complexity index is 495. The van der Waals surface area contributed by atoms with Crippen LogP contribution in [0.4, 0.5) is 0 Å². The minimum atomic E-state index is -0.639. The summed E-state index contributed by atoms with van der Waals surface area (Å²) in [4.78, 5) is 23.2. The van der Waals surface area contributed by atoms with E-state index in [-0.39, 0.29) is 77.6 Å². The van der Waals surface area contributed by atoms with Crippen molar-refractivity contribution in [1.29, 1.82) is 0 Å². The maximum atomic E-state index is 11.6. The van der Waals surface area contributed by atoms with Gasteiger partial charge in [0.25, 0.3) is 0 Å². The molecule has 5 heteroatoms. The molecule has 0 heterocycles. The number of carbonyl (C=O) groups is 2. The van der Waals surface area contributed by atoms with Crippen molar-refractivity contribution in [1.82, 2.24) is 0 Å². The van der Waals surface area contributed by atoms with E-state index in [0.717, 1.165) is 0 Å². The predicted octanol–water partition coefficient (Wildman–Crippen LogP) is 2.37. The van der Waals surface area contributed by atoms with E-state index in [1.165, 1.54) is 0 Å². The summed E-state index contributed by atoms with van der Waals surface area (Å²) in [5, 5.41) is 0. The molecular weight excluding hydrogens is 378 g/mol. The zero-order chi connectivity index (χ0) is 12.1. The Morgan fingerprint density at radius 1 is 0.737 bits per heavy atom. The van der Waals surface area contributed by atoms with Crippen molar-refractivity contribution in [2.45, 2.75) is 0 Å². The molecule has 0 fully saturated rings. The fourth-order valence-electron chi connectivity index (χ4n) is 1.35. The molecule has 2 rings (SSSR count). The molecule has 0 saturated heterocycles. The van der Waals surface area contributed by atoms with E-state index in [2.05, 4.69) is 0 Å². The summed E-state index contributed by atoms with van der Waals surface area (Å²) >= 11 is 0. The molecule has 0 aliphatic heterocycles. The second kappa shape index (κ2) is 9.76. The van der Waals surface area contributed by atoms with Crippen molar-refractivity contribution in [2.24, 2.45) is 0 Å². The standard InChI is InChI=1S/C14H10O3.Ba.Mg.4H/c15-13(11-7-3-1-4-8-11)17-14(16)12-9-5-2-6-10-12;;;;;;/h1-10H;;;;;;/q;2*+2;4*-1. The SMILES string of the molecule is O=C(OC(=O)c1ccccc1)c1ccccc1.[Ba+2].[H-].[H-].[H-].[H-].[Mg+2]. The van der Waals surface area contributed by atoms with Crippen LogP contribution in [0.5, 0.6) is 0 Å². The molecule has 0 unspecified atom stereocenters. The van der Waals surface area contributed by atoms with Gasteiger partial charge in [0.15, 0.2) is 0 Å². The van der Waals surface area contributed by atoms with Crippen LogP contribution < -0.4 is 0 Å². The van der Waals surface area contributed by atoms with E-state index < -0.39 is 11.9 Å². The monoisotopic (exact) mass is 392 g/mol. The summed E-state index contributed by atoms with van der Waals surface area (Å²) in [7, 11) is 0. The van der Waals surface area contributed by atoms with E-state index in [4.69, 9.17) is 4.74 Å². The number of hydrogen-bond donors (Lipinski definition) is 0. The van der Waals surface area contributed by atoms with Crippen LogP contribution in [-0.2, 0) is 4.74 Å². The Labute approximate surface area is 173 Å². The third-order valence-electron chi connectivity index (χ3n) is 2.20. The molecule has 0 aromatic heterocycles. The van der Waals surface area contributed by atoms with Crippen LogP contribution in [0.1, 0.15) is 26.4 Å². The third kappa shape index (κ3) is 5.82. The molecule has 92 valence electrons. The van der Waals surface area contributed by atoms with Crippen molar-refractivity contribution >= 4 is 83.9 Å². The van der Waals surface area contributed by atoms with Gasteiger partial charge >= 0.3 is 83.9 Å². The van der Waals surface area contributed by atoms with Crippen LogP contribution in [0.15, 0.2) is 60.7 Å². The number of hydrogen-bond acceptors (Lipinski definition) is 3. The topological polar surface area (TPSA) is 43.4 Å². The average Bonchev–Trinajstić information content (AvgIpc) is 2.40. The van der Waals surface area contributed by atoms with Gasteiger partial charge in [0.1, 0.15) is 0 Å². The van der Waals surface area contributed by atoms with Crippen molar-refractivity contribution < 1.29 is 20.0 Å². The zero-order valence-corrected chi connectivity index (χ0v) is 16.3. The van der Waals surface area contributed by atoms with Crippen LogP contribution in [0.2, 0.25) is 0 Å². The summed E-state index contributed by atoms with van der Waals surface area (Å²) in [6, 6.07) is 16.8. The zero-order valence-electron chi connectivity index (χ0n) is 14.4. The first-order valence-electron chi connectivity index (χ1n) is 5.14. The average molecular weight is 392 g/mol. The molecule has 2 aromatic carbocycles. The summed E-state index contributed by atoms with van der Waals surface area (Å²) in [6.45, 7) is 0. The number of ether oxygens (including phenoxy) is 1. The smallest absolute Gasteiger partial charge is 1.00 e. The van der Waals surface area contributed by atoms with Gasteiger partial charge in [-0.3, -0.25) is 0 Å². The van der Waals surface area contributed by atoms with Gasteiger partial charge in [-0.25, -0.2) is 9.59 Å². The molecule has 0 bridgehead atoms. The van der Waals surface area contributed by atoms with Crippen molar-refractivity contribution in [3.63, 3.8) is 0 Å². The Balaban J connectivity index is -0.000000180. The fourth-order valence-corrected chi connectivity index (χ4v) is 1.35. The van der Waals surface area contributed by atoms with Crippen LogP contribution in [0.25, 0.3) is 0 Å². The third-order valence-corrected chi connectivity index (χ3v) is 2.20. The minimum absolute atomic E-state index is 0. The minimum Gasteiger partial charge on any atom is -1.00 e. The number of carbonyl (C=O) groups excluding carboxylic acids is 2. The molecule has 0 saturated carbocycles. The van der Waals surface area contributed by atoms with Gasteiger partial charge in [-0.1, -0.05) is 36.4 Å². The van der Waals surface area contributed by atoms with Gasteiger partial charge in [0.2, 0.25) is 0 Å². The maximum Gasteiger partial charge on any atom is 2.00 e. The van der Waals surface area contributed by atoms with E-state index in [0.29, 0.717) is 11.1 Å². The summed E-state index contributed by atoms with van der Waals surface area (Å²) in [5.41, 5.74) is 0.716. The molecule has 0 N–H and O–H groups in total. The van der Waals surface area contributed by atoms with Crippen LogP contribution in [0, 0.1) is 0 Å². The van der Waals surface area contributed by atoms with Crippen LogP contribution in [0.3, 0.4) is 0 Å². The second-order valence-corrected chi connectivity index (χ2v) is 3.41. The molecule has 0 atom stereocenters. The second-order valence-electron chi connectivity index (χ2n) is 3.41. The molecule has 2 aromatic rings. The van der Waals surface area contributed by atoms with E-state index in [1.807, 2.05) is 0 Å². The van der Waals surface area contributed by atoms with Crippen molar-refractivity contribution in [3.05, 3.63) is 71.8 Å². The molecule has 3 nitrogen and oxygen atoms in total. The van der Waals surface area contributed by atoms with Gasteiger partial charge in [-0.05, 0) is 24.3 Å². The van der Waals surface area contributed by atoms with E-state index >= 15 is 0 Å². The van der Waals surface area contributed by atoms with Gasteiger partial charge in [-0.15, -0.1) is 0 Å². The summed E-state index contributed by atoms with van der Waals surface area (Å²) < 4.78 is 4.74. The maximum absolute atomic E-state index is 11.6. The van der Waals surface area contributed by atoms with Gasteiger partial charge in [0, 0.05) is 0 Å². The summed E-state index contributed by atoms with van der Waals surface area (Å²) in [5.74, 6) is -1.28. The van der Waals surface area contributed by atoms with E-state index in [1.54, 1.807) is 60.7 Å². The first kappa shape index (κ1) is 18.9. The van der Waals surface area contributed by atoms with Gasteiger partial charge < -0.3 is 10.4 Å². The molecule has 0 aliphatic carbocycles. The Morgan fingerprint density at radius 2 is 1.05 bits per heavy atom. The summed E-state index contributed by atoms with van der Waals surface area (Å²) in [6.07, 6.45) is 0. The largest absolute Gasteiger partial charge is 2.00 e. The van der Waals surface area contributed by atoms with Crippen molar-refractivity contribution in [2.75, 3.05) is 0 Å². The normalized spacial score (nSPS) is 8.63. The molecule has 0 spiro atoms. The van der Waals surface area contributed by atoms with Gasteiger partial charge in [-0.2, -0.15) is 0 Å². The van der Waals surface area contributed by atoms with Crippen LogP contribution in [-0.4, -0.2) is 83.9 Å². The molecule has 0 amide bonds. The predicted molar refractivity (Wildman–Crippen MR) is 78.6 cm³/mol. The Kier molecular flexibility index (Phi) is 9.72. The molecule has 0 aliphatic rings. The number of rotatable bonds is 2. The van der Waals surface area contributed by atoms with Crippen LogP contribution >= 0.6 is 0 Å². The quantitative estimate of drug-likeness (QED) is 0.448. The molecular formula is C14H14BaMgO3. The van der Waals surface area contributed by atoms with Gasteiger partial charge in [0.05, 0.1) is 11.1 Å². The van der Waals surface area contributed by atoms with Crippen molar-refractivity contribution in [3.8, 4) is 0 Å². The Hall–Kier alpha value is -0.0823. The van der Waals surface area contributed by atoms with E-state index in [9.17, 15) is 9.59 Å². The molecule has 0 radical (unpaired) electrons.